The highest BCUT2D eigenvalue weighted by Gasteiger charge is 2.33. The molecule has 4 aromatic rings. The van der Waals surface area contributed by atoms with Gasteiger partial charge in [-0.1, -0.05) is 78.9 Å². The fourth-order valence-electron chi connectivity index (χ4n) is 4.91. The van der Waals surface area contributed by atoms with Gasteiger partial charge in [-0.15, -0.1) is 0 Å². The van der Waals surface area contributed by atoms with Gasteiger partial charge in [-0.25, -0.2) is 4.79 Å². The average molecular weight is 482 g/mol. The number of carbonyl (C=O) groups is 1. The molecular formula is C31H31NO4. The van der Waals surface area contributed by atoms with Gasteiger partial charge in [0.25, 0.3) is 0 Å². The third kappa shape index (κ3) is 5.86. The summed E-state index contributed by atoms with van der Waals surface area (Å²) in [7, 11) is 0. The standard InChI is InChI=1S/C31H31NO4/c33-31(34)32-18-16-29(26-14-10-23(11-15-26)17-19-35-28-8-2-1-3-9-28)30(21-32)36-22-24-12-13-25-6-4-5-7-27(25)20-24/h1-15,20,29-30H,16-19,21-22H2,(H,33,34). The van der Waals surface area contributed by atoms with Gasteiger partial charge in [-0.3, -0.25) is 0 Å². The van der Waals surface area contributed by atoms with Gasteiger partial charge >= 0.3 is 6.09 Å². The Morgan fingerprint density at radius 2 is 1.58 bits per heavy atom. The van der Waals surface area contributed by atoms with Crippen molar-refractivity contribution >= 4 is 16.9 Å². The average Bonchev–Trinajstić information content (AvgIpc) is 2.92. The second-order valence-corrected chi connectivity index (χ2v) is 9.31. The van der Waals surface area contributed by atoms with Crippen LogP contribution in [0, 0.1) is 0 Å². The maximum atomic E-state index is 11.7. The Morgan fingerprint density at radius 3 is 2.36 bits per heavy atom. The molecule has 0 bridgehead atoms. The lowest BCUT2D eigenvalue weighted by atomic mass is 9.86. The van der Waals surface area contributed by atoms with E-state index in [1.165, 1.54) is 26.8 Å². The number of amides is 1. The number of para-hydroxylation sites is 1. The summed E-state index contributed by atoms with van der Waals surface area (Å²) in [4.78, 5) is 13.1. The molecule has 0 aromatic heterocycles. The minimum atomic E-state index is -0.887. The van der Waals surface area contributed by atoms with Crippen LogP contribution < -0.4 is 4.74 Å². The molecule has 4 aromatic carbocycles. The van der Waals surface area contributed by atoms with Gasteiger partial charge in [-0.05, 0) is 52.1 Å². The van der Waals surface area contributed by atoms with E-state index in [0.29, 0.717) is 26.3 Å². The summed E-state index contributed by atoms with van der Waals surface area (Å²) in [5, 5.41) is 12.0. The van der Waals surface area contributed by atoms with Crippen LogP contribution in [0.15, 0.2) is 97.1 Å². The molecule has 2 atom stereocenters. The van der Waals surface area contributed by atoms with E-state index >= 15 is 0 Å². The van der Waals surface area contributed by atoms with Crippen molar-refractivity contribution in [1.29, 1.82) is 0 Å². The van der Waals surface area contributed by atoms with E-state index in [2.05, 4.69) is 54.6 Å². The van der Waals surface area contributed by atoms with Crippen LogP contribution in [-0.2, 0) is 17.8 Å². The van der Waals surface area contributed by atoms with Crippen LogP contribution in [0.2, 0.25) is 0 Å². The fraction of sp³-hybridized carbons (Fsp3) is 0.258. The normalized spacial score (nSPS) is 17.7. The van der Waals surface area contributed by atoms with Crippen molar-refractivity contribution < 1.29 is 19.4 Å². The van der Waals surface area contributed by atoms with E-state index in [4.69, 9.17) is 9.47 Å². The van der Waals surface area contributed by atoms with E-state index in [0.717, 1.165) is 24.2 Å². The predicted octanol–water partition coefficient (Wildman–Crippen LogP) is 6.51. The molecule has 0 aliphatic carbocycles. The molecule has 1 heterocycles. The van der Waals surface area contributed by atoms with Crippen molar-refractivity contribution in [3.63, 3.8) is 0 Å². The van der Waals surface area contributed by atoms with Crippen LogP contribution in [-0.4, -0.2) is 41.9 Å². The van der Waals surface area contributed by atoms with Crippen molar-refractivity contribution in [2.75, 3.05) is 19.7 Å². The van der Waals surface area contributed by atoms with Gasteiger partial charge in [0.1, 0.15) is 5.75 Å². The molecule has 5 rings (SSSR count). The summed E-state index contributed by atoms with van der Waals surface area (Å²) in [5.41, 5.74) is 3.50. The van der Waals surface area contributed by atoms with Gasteiger partial charge in [0, 0.05) is 18.9 Å². The van der Waals surface area contributed by atoms with Crippen molar-refractivity contribution in [3.05, 3.63) is 114 Å². The number of likely N-dealkylation sites (tertiary alicyclic amines) is 1. The highest BCUT2D eigenvalue weighted by molar-refractivity contribution is 5.82. The number of hydrogen-bond donors (Lipinski definition) is 1. The number of carboxylic acid groups (broad SMARTS) is 1. The SMILES string of the molecule is O=C(O)N1CCC(c2ccc(CCOc3ccccc3)cc2)C(OCc2ccc3ccccc3c2)C1. The third-order valence-electron chi connectivity index (χ3n) is 6.92. The van der Waals surface area contributed by atoms with Crippen LogP contribution in [0.4, 0.5) is 4.79 Å². The Hall–Kier alpha value is -3.83. The number of piperidine rings is 1. The second kappa shape index (κ2) is 11.3. The topological polar surface area (TPSA) is 59.0 Å². The van der Waals surface area contributed by atoms with Crippen LogP contribution in [0.3, 0.4) is 0 Å². The first-order valence-corrected chi connectivity index (χ1v) is 12.5. The zero-order valence-electron chi connectivity index (χ0n) is 20.3. The third-order valence-corrected chi connectivity index (χ3v) is 6.92. The molecule has 1 fully saturated rings. The molecule has 0 spiro atoms. The summed E-state index contributed by atoms with van der Waals surface area (Å²) in [6.45, 7) is 1.97. The molecule has 36 heavy (non-hydrogen) atoms. The van der Waals surface area contributed by atoms with E-state index in [9.17, 15) is 9.90 Å². The Labute approximate surface area is 211 Å². The molecule has 1 aliphatic heterocycles. The molecule has 184 valence electrons. The zero-order valence-corrected chi connectivity index (χ0v) is 20.3. The van der Waals surface area contributed by atoms with Gasteiger partial charge < -0.3 is 19.5 Å². The number of hydrogen-bond acceptors (Lipinski definition) is 3. The molecule has 1 aliphatic rings. The van der Waals surface area contributed by atoms with E-state index < -0.39 is 6.09 Å². The lowest BCUT2D eigenvalue weighted by molar-refractivity contribution is -0.0199. The van der Waals surface area contributed by atoms with E-state index in [1.807, 2.05) is 42.5 Å². The van der Waals surface area contributed by atoms with Crippen molar-refractivity contribution in [3.8, 4) is 5.75 Å². The molecular weight excluding hydrogens is 450 g/mol. The van der Waals surface area contributed by atoms with Gasteiger partial charge in [-0.2, -0.15) is 0 Å². The Morgan fingerprint density at radius 1 is 0.861 bits per heavy atom. The minimum absolute atomic E-state index is 0.149. The maximum Gasteiger partial charge on any atom is 0.407 e. The zero-order chi connectivity index (χ0) is 24.7. The summed E-state index contributed by atoms with van der Waals surface area (Å²) in [5.74, 6) is 1.03. The highest BCUT2D eigenvalue weighted by Crippen LogP contribution is 2.32. The number of benzene rings is 4. The lowest BCUT2D eigenvalue weighted by Gasteiger charge is -2.37. The molecule has 1 amide bonds. The monoisotopic (exact) mass is 481 g/mol. The van der Waals surface area contributed by atoms with Crippen molar-refractivity contribution in [2.45, 2.75) is 31.5 Å². The summed E-state index contributed by atoms with van der Waals surface area (Å²) in [6, 6.07) is 33.1. The first-order valence-electron chi connectivity index (χ1n) is 12.5. The molecule has 1 saturated heterocycles. The first-order chi connectivity index (χ1) is 17.7. The predicted molar refractivity (Wildman–Crippen MR) is 142 cm³/mol. The smallest absolute Gasteiger partial charge is 0.407 e. The number of fused-ring (bicyclic) bond motifs is 1. The van der Waals surface area contributed by atoms with Crippen LogP contribution in [0.5, 0.6) is 5.75 Å². The van der Waals surface area contributed by atoms with Gasteiger partial charge in [0.15, 0.2) is 0 Å². The lowest BCUT2D eigenvalue weighted by Crippen LogP contribution is -2.46. The Bertz CT molecular complexity index is 1290. The van der Waals surface area contributed by atoms with E-state index in [-0.39, 0.29) is 12.0 Å². The van der Waals surface area contributed by atoms with Crippen LogP contribution in [0.25, 0.3) is 10.8 Å². The number of rotatable bonds is 8. The van der Waals surface area contributed by atoms with Gasteiger partial charge in [0.05, 0.1) is 25.9 Å². The Balaban J connectivity index is 1.24. The maximum absolute atomic E-state index is 11.7. The molecule has 1 N–H and O–H groups in total. The summed E-state index contributed by atoms with van der Waals surface area (Å²) in [6.07, 6.45) is 0.481. The van der Waals surface area contributed by atoms with Crippen molar-refractivity contribution in [1.82, 2.24) is 4.90 Å². The summed E-state index contributed by atoms with van der Waals surface area (Å²) < 4.78 is 12.2. The molecule has 5 nitrogen and oxygen atoms in total. The second-order valence-electron chi connectivity index (χ2n) is 9.31. The fourth-order valence-corrected chi connectivity index (χ4v) is 4.91. The van der Waals surface area contributed by atoms with Crippen LogP contribution >= 0.6 is 0 Å². The minimum Gasteiger partial charge on any atom is -0.493 e. The van der Waals surface area contributed by atoms with E-state index in [1.54, 1.807) is 0 Å². The van der Waals surface area contributed by atoms with Crippen LogP contribution in [0.1, 0.15) is 29.0 Å². The number of ether oxygens (including phenoxy) is 2. The molecule has 0 saturated carbocycles. The summed E-state index contributed by atoms with van der Waals surface area (Å²) >= 11 is 0. The van der Waals surface area contributed by atoms with Gasteiger partial charge in [0.2, 0.25) is 0 Å². The molecule has 5 heteroatoms. The molecule has 2 unspecified atom stereocenters. The van der Waals surface area contributed by atoms with Crippen molar-refractivity contribution in [2.24, 2.45) is 0 Å². The number of nitrogens with zero attached hydrogens (tertiary/aromatic N) is 1. The first kappa shape index (κ1) is 23.9. The molecule has 0 radical (unpaired) electrons. The highest BCUT2D eigenvalue weighted by atomic mass is 16.5. The largest absolute Gasteiger partial charge is 0.493 e. The Kier molecular flexibility index (Phi) is 7.48. The quantitative estimate of drug-likeness (QED) is 0.311.